The molecular weight excluding hydrogens is 262 g/mol. The van der Waals surface area contributed by atoms with Gasteiger partial charge in [-0.1, -0.05) is 11.6 Å². The summed E-state index contributed by atoms with van der Waals surface area (Å²) in [5, 5.41) is 8.46. The zero-order valence-electron chi connectivity index (χ0n) is 11.4. The molecule has 0 aromatic carbocycles. The standard InChI is InChI=1S/C13H18ClN5/c1-4-19-12(13(14)9(2)18-19)5-11(15-3)10-6-16-8-17-7-10/h6-8,11,15H,4-5H2,1-3H3. The SMILES string of the molecule is CCn1nc(C)c(Cl)c1CC(NC)c1cncnc1. The fourth-order valence-corrected chi connectivity index (χ4v) is 2.35. The van der Waals surface area contributed by atoms with Crippen LogP contribution >= 0.6 is 11.6 Å². The molecule has 0 saturated heterocycles. The maximum atomic E-state index is 6.34. The summed E-state index contributed by atoms with van der Waals surface area (Å²) >= 11 is 6.34. The average molecular weight is 280 g/mol. The summed E-state index contributed by atoms with van der Waals surface area (Å²) < 4.78 is 1.95. The Balaban J connectivity index is 2.29. The summed E-state index contributed by atoms with van der Waals surface area (Å²) in [5.74, 6) is 0. The number of nitrogens with zero attached hydrogens (tertiary/aromatic N) is 4. The molecule has 1 atom stereocenters. The van der Waals surface area contributed by atoms with Crippen LogP contribution in [0.3, 0.4) is 0 Å². The fourth-order valence-electron chi connectivity index (χ4n) is 2.13. The molecule has 5 nitrogen and oxygen atoms in total. The molecule has 102 valence electrons. The normalized spacial score (nSPS) is 12.6. The Morgan fingerprint density at radius 3 is 2.63 bits per heavy atom. The third-order valence-corrected chi connectivity index (χ3v) is 3.67. The second-order valence-corrected chi connectivity index (χ2v) is 4.76. The van der Waals surface area contributed by atoms with Crippen molar-refractivity contribution in [3.05, 3.63) is 40.7 Å². The Morgan fingerprint density at radius 1 is 1.37 bits per heavy atom. The van der Waals surface area contributed by atoms with Crippen molar-refractivity contribution in [3.8, 4) is 0 Å². The molecule has 0 fully saturated rings. The predicted molar refractivity (Wildman–Crippen MR) is 75.2 cm³/mol. The molecule has 2 heterocycles. The molecule has 0 radical (unpaired) electrons. The molecule has 0 aliphatic carbocycles. The van der Waals surface area contributed by atoms with Crippen LogP contribution < -0.4 is 5.32 Å². The molecule has 19 heavy (non-hydrogen) atoms. The lowest BCUT2D eigenvalue weighted by molar-refractivity contribution is 0.538. The fraction of sp³-hybridized carbons (Fsp3) is 0.462. The summed E-state index contributed by atoms with van der Waals surface area (Å²) in [6.45, 7) is 4.80. The maximum absolute atomic E-state index is 6.34. The van der Waals surface area contributed by atoms with Crippen LogP contribution in [0.2, 0.25) is 5.02 Å². The molecule has 0 bridgehead atoms. The topological polar surface area (TPSA) is 55.6 Å². The lowest BCUT2D eigenvalue weighted by Gasteiger charge is -2.16. The highest BCUT2D eigenvalue weighted by Crippen LogP contribution is 2.25. The van der Waals surface area contributed by atoms with E-state index < -0.39 is 0 Å². The highest BCUT2D eigenvalue weighted by atomic mass is 35.5. The van der Waals surface area contributed by atoms with Crippen molar-refractivity contribution in [2.45, 2.75) is 32.9 Å². The molecule has 1 N–H and O–H groups in total. The first-order chi connectivity index (χ1) is 9.17. The average Bonchev–Trinajstić information content (AvgIpc) is 2.72. The number of aromatic nitrogens is 4. The van der Waals surface area contributed by atoms with Crippen LogP contribution in [0, 0.1) is 6.92 Å². The molecule has 2 rings (SSSR count). The van der Waals surface area contributed by atoms with E-state index >= 15 is 0 Å². The molecule has 0 amide bonds. The van der Waals surface area contributed by atoms with Gasteiger partial charge in [0.25, 0.3) is 0 Å². The third-order valence-electron chi connectivity index (χ3n) is 3.18. The van der Waals surface area contributed by atoms with Crippen molar-refractivity contribution in [1.29, 1.82) is 0 Å². The minimum absolute atomic E-state index is 0.125. The highest BCUT2D eigenvalue weighted by molar-refractivity contribution is 6.31. The molecular formula is C13H18ClN5. The zero-order valence-corrected chi connectivity index (χ0v) is 12.1. The maximum Gasteiger partial charge on any atom is 0.115 e. The van der Waals surface area contributed by atoms with Gasteiger partial charge in [-0.05, 0) is 20.9 Å². The van der Waals surface area contributed by atoms with Gasteiger partial charge in [0.15, 0.2) is 0 Å². The molecule has 0 saturated carbocycles. The van der Waals surface area contributed by atoms with Crippen molar-refractivity contribution >= 4 is 11.6 Å². The lowest BCUT2D eigenvalue weighted by atomic mass is 10.1. The molecule has 0 aliphatic heterocycles. The second kappa shape index (κ2) is 6.12. The Bertz CT molecular complexity index is 537. The minimum atomic E-state index is 0.125. The van der Waals surface area contributed by atoms with Gasteiger partial charge in [0.05, 0.1) is 16.4 Å². The van der Waals surface area contributed by atoms with E-state index in [1.54, 1.807) is 0 Å². The quantitative estimate of drug-likeness (QED) is 0.911. The van der Waals surface area contributed by atoms with Crippen molar-refractivity contribution in [2.24, 2.45) is 0 Å². The monoisotopic (exact) mass is 279 g/mol. The van der Waals surface area contributed by atoms with Crippen molar-refractivity contribution in [1.82, 2.24) is 25.1 Å². The van der Waals surface area contributed by atoms with E-state index in [4.69, 9.17) is 11.6 Å². The van der Waals surface area contributed by atoms with E-state index in [1.807, 2.05) is 31.0 Å². The highest BCUT2D eigenvalue weighted by Gasteiger charge is 2.18. The van der Waals surface area contributed by atoms with Gasteiger partial charge in [-0.3, -0.25) is 4.68 Å². The number of nitrogens with one attached hydrogen (secondary N) is 1. The van der Waals surface area contributed by atoms with E-state index in [0.29, 0.717) is 0 Å². The number of likely N-dealkylation sites (N-methyl/N-ethyl adjacent to an activating group) is 1. The van der Waals surface area contributed by atoms with E-state index in [0.717, 1.165) is 34.9 Å². The van der Waals surface area contributed by atoms with Gasteiger partial charge < -0.3 is 5.32 Å². The molecule has 2 aromatic rings. The van der Waals surface area contributed by atoms with Crippen LogP contribution in [-0.2, 0) is 13.0 Å². The summed E-state index contributed by atoms with van der Waals surface area (Å²) in [6, 6.07) is 0.125. The van der Waals surface area contributed by atoms with Crippen LogP contribution in [0.15, 0.2) is 18.7 Å². The van der Waals surface area contributed by atoms with Crippen molar-refractivity contribution < 1.29 is 0 Å². The smallest absolute Gasteiger partial charge is 0.115 e. The van der Waals surface area contributed by atoms with Gasteiger partial charge in [0.1, 0.15) is 6.33 Å². The van der Waals surface area contributed by atoms with E-state index in [9.17, 15) is 0 Å². The Hall–Kier alpha value is -1.46. The Kier molecular flexibility index (Phi) is 4.50. The van der Waals surface area contributed by atoms with Gasteiger partial charge in [-0.2, -0.15) is 5.10 Å². The molecule has 1 unspecified atom stereocenters. The van der Waals surface area contributed by atoms with E-state index in [-0.39, 0.29) is 6.04 Å². The van der Waals surface area contributed by atoms with Crippen LogP contribution in [0.5, 0.6) is 0 Å². The minimum Gasteiger partial charge on any atom is -0.313 e. The Morgan fingerprint density at radius 2 is 2.05 bits per heavy atom. The largest absolute Gasteiger partial charge is 0.313 e. The van der Waals surface area contributed by atoms with Crippen molar-refractivity contribution in [3.63, 3.8) is 0 Å². The molecule has 0 aliphatic rings. The molecule has 0 spiro atoms. The summed E-state index contributed by atoms with van der Waals surface area (Å²) in [4.78, 5) is 8.12. The van der Waals surface area contributed by atoms with Crippen LogP contribution in [0.4, 0.5) is 0 Å². The van der Waals surface area contributed by atoms with Crippen LogP contribution in [0.25, 0.3) is 0 Å². The van der Waals surface area contributed by atoms with Crippen LogP contribution in [-0.4, -0.2) is 26.8 Å². The summed E-state index contributed by atoms with van der Waals surface area (Å²) in [7, 11) is 1.92. The van der Waals surface area contributed by atoms with Gasteiger partial charge in [-0.25, -0.2) is 9.97 Å². The van der Waals surface area contributed by atoms with Gasteiger partial charge in [0.2, 0.25) is 0 Å². The molecule has 6 heteroatoms. The number of hydrogen-bond donors (Lipinski definition) is 1. The lowest BCUT2D eigenvalue weighted by Crippen LogP contribution is -2.21. The number of rotatable bonds is 5. The first-order valence-corrected chi connectivity index (χ1v) is 6.69. The van der Waals surface area contributed by atoms with Gasteiger partial charge in [-0.15, -0.1) is 0 Å². The number of halogens is 1. The Labute approximate surface area is 118 Å². The van der Waals surface area contributed by atoms with E-state index in [2.05, 4.69) is 27.3 Å². The first-order valence-electron chi connectivity index (χ1n) is 6.31. The van der Waals surface area contributed by atoms with Gasteiger partial charge in [0, 0.05) is 37.0 Å². The first kappa shape index (κ1) is 14.0. The summed E-state index contributed by atoms with van der Waals surface area (Å²) in [6.07, 6.45) is 5.93. The van der Waals surface area contributed by atoms with Gasteiger partial charge >= 0.3 is 0 Å². The molecule has 2 aromatic heterocycles. The predicted octanol–water partition coefficient (Wildman–Crippen LogP) is 2.16. The van der Waals surface area contributed by atoms with Crippen LogP contribution in [0.1, 0.15) is 29.9 Å². The number of hydrogen-bond acceptors (Lipinski definition) is 4. The van der Waals surface area contributed by atoms with Crippen molar-refractivity contribution in [2.75, 3.05) is 7.05 Å². The van der Waals surface area contributed by atoms with E-state index in [1.165, 1.54) is 6.33 Å². The third kappa shape index (κ3) is 2.93. The number of aryl methyl sites for hydroxylation is 2. The second-order valence-electron chi connectivity index (χ2n) is 4.38. The summed E-state index contributed by atoms with van der Waals surface area (Å²) in [5.41, 5.74) is 2.96. The zero-order chi connectivity index (χ0) is 13.8.